The summed E-state index contributed by atoms with van der Waals surface area (Å²) in [5.41, 5.74) is 5.12. The van der Waals surface area contributed by atoms with E-state index in [1.807, 2.05) is 6.07 Å². The van der Waals surface area contributed by atoms with Gasteiger partial charge >= 0.3 is 0 Å². The molecule has 3 nitrogen and oxygen atoms in total. The number of nitrogens with zero attached hydrogens (tertiary/aromatic N) is 1. The van der Waals surface area contributed by atoms with Crippen molar-refractivity contribution in [3.8, 4) is 0 Å². The van der Waals surface area contributed by atoms with Gasteiger partial charge in [0.25, 0.3) is 0 Å². The van der Waals surface area contributed by atoms with E-state index in [9.17, 15) is 0 Å². The molecule has 2 rings (SSSR count). The Morgan fingerprint density at radius 1 is 1.29 bits per heavy atom. The first kappa shape index (κ1) is 11.9. The summed E-state index contributed by atoms with van der Waals surface area (Å²) in [4.78, 5) is 0. The number of aromatic amines is 1. The Morgan fingerprint density at radius 2 is 2.12 bits per heavy atom. The van der Waals surface area contributed by atoms with Gasteiger partial charge in [-0.3, -0.25) is 5.10 Å². The third kappa shape index (κ3) is 2.94. The van der Waals surface area contributed by atoms with Gasteiger partial charge in [0, 0.05) is 24.5 Å². The van der Waals surface area contributed by atoms with Gasteiger partial charge in [-0.1, -0.05) is 23.8 Å². The molecule has 2 aromatic rings. The van der Waals surface area contributed by atoms with Gasteiger partial charge in [0.2, 0.25) is 0 Å². The van der Waals surface area contributed by atoms with E-state index in [1.165, 1.54) is 16.7 Å². The molecule has 0 radical (unpaired) electrons. The molecule has 0 saturated carbocycles. The van der Waals surface area contributed by atoms with Gasteiger partial charge in [-0.15, -0.1) is 0 Å². The van der Waals surface area contributed by atoms with Crippen LogP contribution >= 0.6 is 0 Å². The van der Waals surface area contributed by atoms with Gasteiger partial charge in [0.1, 0.15) is 0 Å². The van der Waals surface area contributed by atoms with E-state index in [2.05, 4.69) is 54.5 Å². The van der Waals surface area contributed by atoms with Crippen LogP contribution in [0.4, 0.5) is 0 Å². The average Bonchev–Trinajstić information content (AvgIpc) is 2.78. The first-order valence-corrected chi connectivity index (χ1v) is 5.95. The summed E-state index contributed by atoms with van der Waals surface area (Å²) in [7, 11) is 0. The molecular formula is C14H19N3. The molecule has 17 heavy (non-hydrogen) atoms. The van der Waals surface area contributed by atoms with Crippen molar-refractivity contribution in [3.63, 3.8) is 0 Å². The number of rotatable bonds is 4. The molecule has 0 amide bonds. The smallest absolute Gasteiger partial charge is 0.0490 e. The number of H-pyrrole nitrogens is 1. The zero-order valence-corrected chi connectivity index (χ0v) is 10.6. The van der Waals surface area contributed by atoms with Crippen LogP contribution < -0.4 is 5.32 Å². The van der Waals surface area contributed by atoms with Gasteiger partial charge < -0.3 is 5.32 Å². The average molecular weight is 229 g/mol. The number of nitrogens with one attached hydrogen (secondary N) is 2. The van der Waals surface area contributed by atoms with Gasteiger partial charge in [0.05, 0.1) is 0 Å². The Morgan fingerprint density at radius 3 is 2.76 bits per heavy atom. The first-order valence-electron chi connectivity index (χ1n) is 5.95. The number of aromatic nitrogens is 2. The maximum atomic E-state index is 3.94. The normalized spacial score (nSPS) is 12.6. The Kier molecular flexibility index (Phi) is 3.59. The molecule has 1 atom stereocenters. The molecule has 0 saturated heterocycles. The van der Waals surface area contributed by atoms with Crippen LogP contribution in [0.3, 0.4) is 0 Å². The Labute approximate surface area is 102 Å². The molecule has 1 aromatic carbocycles. The van der Waals surface area contributed by atoms with Crippen molar-refractivity contribution < 1.29 is 0 Å². The van der Waals surface area contributed by atoms with E-state index < -0.39 is 0 Å². The standard InChI is InChI=1S/C14H19N3/c1-10-4-5-14(11(2)8-10)12(3)15-9-13-6-7-16-17-13/h4-8,12,15H,9H2,1-3H3,(H,16,17). The van der Waals surface area contributed by atoms with Crippen LogP contribution in [-0.4, -0.2) is 10.2 Å². The zero-order chi connectivity index (χ0) is 12.3. The monoisotopic (exact) mass is 229 g/mol. The van der Waals surface area contributed by atoms with Crippen molar-refractivity contribution >= 4 is 0 Å². The Hall–Kier alpha value is -1.61. The van der Waals surface area contributed by atoms with E-state index in [4.69, 9.17) is 0 Å². The minimum atomic E-state index is 0.346. The summed E-state index contributed by atoms with van der Waals surface area (Å²) in [6.45, 7) is 7.29. The summed E-state index contributed by atoms with van der Waals surface area (Å²) in [6.07, 6.45) is 1.78. The molecule has 90 valence electrons. The fraction of sp³-hybridized carbons (Fsp3) is 0.357. The van der Waals surface area contributed by atoms with Crippen LogP contribution in [0.2, 0.25) is 0 Å². The molecule has 3 heteroatoms. The van der Waals surface area contributed by atoms with Crippen molar-refractivity contribution in [1.82, 2.24) is 15.5 Å². The zero-order valence-electron chi connectivity index (χ0n) is 10.6. The lowest BCUT2D eigenvalue weighted by atomic mass is 10.0. The second kappa shape index (κ2) is 5.15. The Balaban J connectivity index is 2.01. The van der Waals surface area contributed by atoms with E-state index in [0.29, 0.717) is 6.04 Å². The quantitative estimate of drug-likeness (QED) is 0.846. The minimum absolute atomic E-state index is 0.346. The van der Waals surface area contributed by atoms with Crippen molar-refractivity contribution in [3.05, 3.63) is 52.8 Å². The highest BCUT2D eigenvalue weighted by Gasteiger charge is 2.07. The van der Waals surface area contributed by atoms with Crippen molar-refractivity contribution in [2.24, 2.45) is 0 Å². The Bertz CT molecular complexity index is 474. The van der Waals surface area contributed by atoms with Crippen LogP contribution in [-0.2, 0) is 6.54 Å². The summed E-state index contributed by atoms with van der Waals surface area (Å²) < 4.78 is 0. The molecule has 0 aliphatic carbocycles. The second-order valence-electron chi connectivity index (χ2n) is 4.54. The lowest BCUT2D eigenvalue weighted by Crippen LogP contribution is -2.19. The minimum Gasteiger partial charge on any atom is -0.305 e. The van der Waals surface area contributed by atoms with Crippen molar-refractivity contribution in [1.29, 1.82) is 0 Å². The van der Waals surface area contributed by atoms with Crippen LogP contribution in [0.15, 0.2) is 30.5 Å². The molecule has 0 aliphatic heterocycles. The molecule has 1 unspecified atom stereocenters. The summed E-state index contributed by atoms with van der Waals surface area (Å²) in [6, 6.07) is 8.93. The maximum Gasteiger partial charge on any atom is 0.0490 e. The first-order chi connectivity index (χ1) is 8.16. The molecular weight excluding hydrogens is 210 g/mol. The summed E-state index contributed by atoms with van der Waals surface area (Å²) in [5.74, 6) is 0. The highest BCUT2D eigenvalue weighted by molar-refractivity contribution is 5.32. The second-order valence-corrected chi connectivity index (χ2v) is 4.54. The number of aryl methyl sites for hydroxylation is 2. The van der Waals surface area contributed by atoms with Crippen LogP contribution in [0.25, 0.3) is 0 Å². The molecule has 0 spiro atoms. The van der Waals surface area contributed by atoms with E-state index in [1.54, 1.807) is 6.20 Å². The maximum absolute atomic E-state index is 3.94. The van der Waals surface area contributed by atoms with Gasteiger partial charge in [-0.2, -0.15) is 5.10 Å². The SMILES string of the molecule is Cc1ccc(C(C)NCc2ccn[nH]2)c(C)c1. The molecule has 0 aliphatic rings. The molecule has 0 bridgehead atoms. The summed E-state index contributed by atoms with van der Waals surface area (Å²) >= 11 is 0. The predicted octanol–water partition coefficient (Wildman–Crippen LogP) is 2.88. The van der Waals surface area contributed by atoms with Gasteiger partial charge in [0.15, 0.2) is 0 Å². The fourth-order valence-electron chi connectivity index (χ4n) is 2.07. The number of hydrogen-bond donors (Lipinski definition) is 2. The highest BCUT2D eigenvalue weighted by atomic mass is 15.1. The molecule has 1 heterocycles. The third-order valence-corrected chi connectivity index (χ3v) is 3.05. The van der Waals surface area contributed by atoms with Gasteiger partial charge in [-0.25, -0.2) is 0 Å². The van der Waals surface area contributed by atoms with Crippen LogP contribution in [0, 0.1) is 13.8 Å². The summed E-state index contributed by atoms with van der Waals surface area (Å²) in [5, 5.41) is 10.4. The molecule has 2 N–H and O–H groups in total. The van der Waals surface area contributed by atoms with Crippen LogP contribution in [0.5, 0.6) is 0 Å². The highest BCUT2D eigenvalue weighted by Crippen LogP contribution is 2.18. The van der Waals surface area contributed by atoms with E-state index in [-0.39, 0.29) is 0 Å². The lowest BCUT2D eigenvalue weighted by Gasteiger charge is -2.16. The van der Waals surface area contributed by atoms with Crippen LogP contribution in [0.1, 0.15) is 35.3 Å². The van der Waals surface area contributed by atoms with Crippen molar-refractivity contribution in [2.45, 2.75) is 33.4 Å². The fourth-order valence-corrected chi connectivity index (χ4v) is 2.07. The largest absolute Gasteiger partial charge is 0.305 e. The predicted molar refractivity (Wildman–Crippen MR) is 69.8 cm³/mol. The van der Waals surface area contributed by atoms with Gasteiger partial charge in [-0.05, 0) is 38.0 Å². The van der Waals surface area contributed by atoms with E-state index in [0.717, 1.165) is 12.2 Å². The van der Waals surface area contributed by atoms with E-state index >= 15 is 0 Å². The lowest BCUT2D eigenvalue weighted by molar-refractivity contribution is 0.564. The molecule has 0 fully saturated rings. The topological polar surface area (TPSA) is 40.7 Å². The number of benzene rings is 1. The molecule has 1 aromatic heterocycles. The number of hydrogen-bond acceptors (Lipinski definition) is 2. The third-order valence-electron chi connectivity index (χ3n) is 3.05. The van der Waals surface area contributed by atoms with Crippen molar-refractivity contribution in [2.75, 3.05) is 0 Å².